The molecule has 0 aliphatic heterocycles. The standard InChI is InChI=1S/C16H14N2O/c1-16(19,13-7-4-9-17-11-13)14-8-2-5-12-6-3-10-18-15(12)14/h2-11,19H,1H3. The molecule has 3 aromatic rings. The predicted octanol–water partition coefficient (Wildman–Crippen LogP) is 2.89. The summed E-state index contributed by atoms with van der Waals surface area (Å²) in [6.07, 6.45) is 5.12. The molecule has 0 bridgehead atoms. The molecule has 3 heteroatoms. The van der Waals surface area contributed by atoms with Crippen LogP contribution in [0.4, 0.5) is 0 Å². The van der Waals surface area contributed by atoms with E-state index in [2.05, 4.69) is 9.97 Å². The molecule has 0 radical (unpaired) electrons. The summed E-state index contributed by atoms with van der Waals surface area (Å²) in [6, 6.07) is 13.4. The Morgan fingerprint density at radius 2 is 1.79 bits per heavy atom. The lowest BCUT2D eigenvalue weighted by molar-refractivity contribution is 0.103. The van der Waals surface area contributed by atoms with E-state index in [9.17, 15) is 5.11 Å². The number of pyridine rings is 2. The molecule has 0 aliphatic carbocycles. The van der Waals surface area contributed by atoms with Crippen LogP contribution >= 0.6 is 0 Å². The number of aliphatic hydroxyl groups is 1. The Morgan fingerprint density at radius 1 is 1.00 bits per heavy atom. The van der Waals surface area contributed by atoms with Gasteiger partial charge in [0.2, 0.25) is 0 Å². The van der Waals surface area contributed by atoms with E-state index in [1.54, 1.807) is 25.5 Å². The van der Waals surface area contributed by atoms with Gasteiger partial charge in [0.1, 0.15) is 5.60 Å². The summed E-state index contributed by atoms with van der Waals surface area (Å²) in [5, 5.41) is 11.9. The topological polar surface area (TPSA) is 46.0 Å². The van der Waals surface area contributed by atoms with E-state index in [1.807, 2.05) is 42.5 Å². The first-order chi connectivity index (χ1) is 9.19. The minimum absolute atomic E-state index is 0.758. The van der Waals surface area contributed by atoms with Crippen LogP contribution in [0.3, 0.4) is 0 Å². The maximum atomic E-state index is 10.9. The minimum atomic E-state index is -1.11. The van der Waals surface area contributed by atoms with Gasteiger partial charge in [-0.25, -0.2) is 0 Å². The van der Waals surface area contributed by atoms with Crippen LogP contribution in [0.2, 0.25) is 0 Å². The van der Waals surface area contributed by atoms with Crippen LogP contribution < -0.4 is 0 Å². The van der Waals surface area contributed by atoms with Gasteiger partial charge in [0, 0.05) is 35.1 Å². The van der Waals surface area contributed by atoms with Crippen molar-refractivity contribution in [3.8, 4) is 0 Å². The number of benzene rings is 1. The predicted molar refractivity (Wildman–Crippen MR) is 74.7 cm³/mol. The van der Waals surface area contributed by atoms with Crippen molar-refractivity contribution >= 4 is 10.9 Å². The van der Waals surface area contributed by atoms with Crippen molar-refractivity contribution in [2.45, 2.75) is 12.5 Å². The molecule has 1 atom stereocenters. The van der Waals surface area contributed by atoms with Crippen LogP contribution in [0.1, 0.15) is 18.1 Å². The van der Waals surface area contributed by atoms with Gasteiger partial charge in [0.05, 0.1) is 5.52 Å². The second-order valence-corrected chi connectivity index (χ2v) is 4.69. The highest BCUT2D eigenvalue weighted by Gasteiger charge is 2.28. The number of rotatable bonds is 2. The molecule has 1 unspecified atom stereocenters. The third kappa shape index (κ3) is 1.98. The van der Waals surface area contributed by atoms with Crippen LogP contribution in [0, 0.1) is 0 Å². The summed E-state index contributed by atoms with van der Waals surface area (Å²) in [5.74, 6) is 0. The zero-order valence-corrected chi connectivity index (χ0v) is 10.6. The van der Waals surface area contributed by atoms with Gasteiger partial charge in [0.15, 0.2) is 0 Å². The van der Waals surface area contributed by atoms with E-state index >= 15 is 0 Å². The van der Waals surface area contributed by atoms with Gasteiger partial charge in [0.25, 0.3) is 0 Å². The van der Waals surface area contributed by atoms with Crippen molar-refractivity contribution in [1.29, 1.82) is 0 Å². The Hall–Kier alpha value is -2.26. The van der Waals surface area contributed by atoms with Gasteiger partial charge in [-0.1, -0.05) is 30.3 Å². The van der Waals surface area contributed by atoms with Gasteiger partial charge in [-0.15, -0.1) is 0 Å². The molecule has 3 rings (SSSR count). The van der Waals surface area contributed by atoms with Crippen molar-refractivity contribution in [1.82, 2.24) is 9.97 Å². The van der Waals surface area contributed by atoms with E-state index in [-0.39, 0.29) is 0 Å². The summed E-state index contributed by atoms with van der Waals surface area (Å²) in [5.41, 5.74) is 1.26. The second-order valence-electron chi connectivity index (χ2n) is 4.69. The third-order valence-electron chi connectivity index (χ3n) is 3.38. The average molecular weight is 250 g/mol. The number of aromatic nitrogens is 2. The van der Waals surface area contributed by atoms with Crippen LogP contribution in [-0.2, 0) is 5.60 Å². The zero-order valence-electron chi connectivity index (χ0n) is 10.6. The Bertz CT molecular complexity index is 703. The largest absolute Gasteiger partial charge is 0.381 e. The molecule has 0 aliphatic rings. The molecular weight excluding hydrogens is 236 g/mol. The maximum absolute atomic E-state index is 10.9. The zero-order chi connectivity index (χ0) is 13.3. The maximum Gasteiger partial charge on any atom is 0.115 e. The smallest absolute Gasteiger partial charge is 0.115 e. The Labute approximate surface area is 111 Å². The van der Waals surface area contributed by atoms with Gasteiger partial charge < -0.3 is 5.11 Å². The fourth-order valence-corrected chi connectivity index (χ4v) is 2.30. The van der Waals surface area contributed by atoms with E-state index < -0.39 is 5.60 Å². The minimum Gasteiger partial charge on any atom is -0.381 e. The van der Waals surface area contributed by atoms with E-state index in [1.165, 1.54) is 0 Å². The van der Waals surface area contributed by atoms with E-state index in [0.717, 1.165) is 22.0 Å². The number of para-hydroxylation sites is 1. The number of fused-ring (bicyclic) bond motifs is 1. The molecule has 19 heavy (non-hydrogen) atoms. The highest BCUT2D eigenvalue weighted by atomic mass is 16.3. The SMILES string of the molecule is CC(O)(c1cccnc1)c1cccc2cccnc12. The van der Waals surface area contributed by atoms with Crippen LogP contribution in [0.25, 0.3) is 10.9 Å². The van der Waals surface area contributed by atoms with Crippen molar-refractivity contribution in [2.24, 2.45) is 0 Å². The van der Waals surface area contributed by atoms with E-state index in [4.69, 9.17) is 0 Å². The molecular formula is C16H14N2O. The molecule has 2 aromatic heterocycles. The van der Waals surface area contributed by atoms with Gasteiger partial charge in [-0.2, -0.15) is 0 Å². The van der Waals surface area contributed by atoms with Gasteiger partial charge in [-0.05, 0) is 19.1 Å². The lowest BCUT2D eigenvalue weighted by Crippen LogP contribution is -2.23. The van der Waals surface area contributed by atoms with Crippen molar-refractivity contribution in [3.63, 3.8) is 0 Å². The fourth-order valence-electron chi connectivity index (χ4n) is 2.30. The molecule has 0 saturated carbocycles. The first-order valence-electron chi connectivity index (χ1n) is 6.17. The first-order valence-corrected chi connectivity index (χ1v) is 6.17. The summed E-state index contributed by atoms with van der Waals surface area (Å²) in [7, 11) is 0. The number of nitrogens with zero attached hydrogens (tertiary/aromatic N) is 2. The van der Waals surface area contributed by atoms with Crippen LogP contribution in [0.15, 0.2) is 61.1 Å². The molecule has 0 saturated heterocycles. The van der Waals surface area contributed by atoms with E-state index in [0.29, 0.717) is 0 Å². The van der Waals surface area contributed by atoms with Gasteiger partial charge >= 0.3 is 0 Å². The highest BCUT2D eigenvalue weighted by molar-refractivity contribution is 5.82. The fraction of sp³-hybridized carbons (Fsp3) is 0.125. The van der Waals surface area contributed by atoms with Crippen molar-refractivity contribution in [2.75, 3.05) is 0 Å². The molecule has 1 N–H and O–H groups in total. The molecule has 94 valence electrons. The molecule has 0 amide bonds. The summed E-state index contributed by atoms with van der Waals surface area (Å²) >= 11 is 0. The second kappa shape index (κ2) is 4.44. The first kappa shape index (κ1) is 11.8. The van der Waals surface area contributed by atoms with Crippen LogP contribution in [0.5, 0.6) is 0 Å². The summed E-state index contributed by atoms with van der Waals surface area (Å²) < 4.78 is 0. The average Bonchev–Trinajstić information content (AvgIpc) is 2.47. The van der Waals surface area contributed by atoms with Crippen LogP contribution in [-0.4, -0.2) is 15.1 Å². The number of hydrogen-bond donors (Lipinski definition) is 1. The highest BCUT2D eigenvalue weighted by Crippen LogP contribution is 2.32. The quantitative estimate of drug-likeness (QED) is 0.760. The molecule has 3 nitrogen and oxygen atoms in total. The number of hydrogen-bond acceptors (Lipinski definition) is 3. The lowest BCUT2D eigenvalue weighted by atomic mass is 9.88. The van der Waals surface area contributed by atoms with Gasteiger partial charge in [-0.3, -0.25) is 9.97 Å². The molecule has 1 aromatic carbocycles. The lowest BCUT2D eigenvalue weighted by Gasteiger charge is -2.25. The monoisotopic (exact) mass is 250 g/mol. The molecule has 2 heterocycles. The summed E-state index contributed by atoms with van der Waals surface area (Å²) in [6.45, 7) is 1.77. The van der Waals surface area contributed by atoms with Crippen molar-refractivity contribution < 1.29 is 5.11 Å². The molecule has 0 spiro atoms. The summed E-state index contributed by atoms with van der Waals surface area (Å²) in [4.78, 5) is 8.47. The molecule has 0 fully saturated rings. The third-order valence-corrected chi connectivity index (χ3v) is 3.38. The Morgan fingerprint density at radius 3 is 2.58 bits per heavy atom. The normalized spacial score (nSPS) is 14.2. The Balaban J connectivity index is 2.24. The van der Waals surface area contributed by atoms with Crippen molar-refractivity contribution in [3.05, 3.63) is 72.2 Å². The Kier molecular flexibility index (Phi) is 2.76.